The largest absolute Gasteiger partial charge is 0.396 e. The molecule has 1 aliphatic heterocycles. The Hall–Kier alpha value is -2.58. The topological polar surface area (TPSA) is 93.2 Å². The molecule has 0 bridgehead atoms. The van der Waals surface area contributed by atoms with E-state index in [1.165, 1.54) is 10.2 Å². The predicted octanol–water partition coefficient (Wildman–Crippen LogP) is 3.37. The minimum atomic E-state index is -3.74. The molecule has 1 aliphatic rings. The molecule has 8 heteroatoms. The highest BCUT2D eigenvalue weighted by Crippen LogP contribution is 2.32. The number of nitrogen functional groups attached to an aromatic ring is 1. The molecule has 2 aromatic heterocycles. The van der Waals surface area contributed by atoms with Crippen LogP contribution in [0.15, 0.2) is 47.6 Å². The number of hydrogen-bond donors (Lipinski definition) is 2. The van der Waals surface area contributed by atoms with Crippen LogP contribution >= 0.6 is 0 Å². The normalized spacial score (nSPS) is 18.0. The lowest BCUT2D eigenvalue weighted by molar-refractivity contribution is 0.300. The van der Waals surface area contributed by atoms with Crippen LogP contribution in [0.1, 0.15) is 31.7 Å². The second kappa shape index (κ2) is 7.10. The minimum absolute atomic E-state index is 0.231. The summed E-state index contributed by atoms with van der Waals surface area (Å²) in [5, 5.41) is 2.88. The summed E-state index contributed by atoms with van der Waals surface area (Å²) in [7, 11) is -3.74. The average molecular weight is 400 g/mol. The summed E-state index contributed by atoms with van der Waals surface area (Å²) < 4.78 is 27.5. The van der Waals surface area contributed by atoms with Gasteiger partial charge in [0, 0.05) is 24.2 Å². The summed E-state index contributed by atoms with van der Waals surface area (Å²) >= 11 is 0. The van der Waals surface area contributed by atoms with Gasteiger partial charge in [0.1, 0.15) is 0 Å². The number of aromatic nitrogens is 2. The van der Waals surface area contributed by atoms with E-state index in [1.807, 2.05) is 6.92 Å². The van der Waals surface area contributed by atoms with E-state index >= 15 is 0 Å². The third-order valence-electron chi connectivity index (χ3n) is 5.39. The molecular formula is C20H25N5O2S. The van der Waals surface area contributed by atoms with Crippen molar-refractivity contribution < 1.29 is 8.42 Å². The molecule has 1 aromatic carbocycles. The summed E-state index contributed by atoms with van der Waals surface area (Å²) in [6, 6.07) is 9.00. The molecule has 3 heterocycles. The quantitative estimate of drug-likeness (QED) is 0.683. The molecule has 1 saturated heterocycles. The number of fused-ring (bicyclic) bond motifs is 1. The van der Waals surface area contributed by atoms with Gasteiger partial charge in [-0.2, -0.15) is 0 Å². The maximum atomic E-state index is 13.1. The van der Waals surface area contributed by atoms with Gasteiger partial charge in [0.05, 0.1) is 22.5 Å². The van der Waals surface area contributed by atoms with Gasteiger partial charge in [0.2, 0.25) is 0 Å². The summed E-state index contributed by atoms with van der Waals surface area (Å²) in [5.41, 5.74) is 12.2. The van der Waals surface area contributed by atoms with Crippen molar-refractivity contribution in [1.29, 1.82) is 0 Å². The Bertz CT molecular complexity index is 1110. The van der Waals surface area contributed by atoms with E-state index in [2.05, 4.69) is 22.3 Å². The first-order valence-corrected chi connectivity index (χ1v) is 11.0. The van der Waals surface area contributed by atoms with E-state index in [0.29, 0.717) is 28.5 Å². The summed E-state index contributed by atoms with van der Waals surface area (Å²) in [6.07, 6.45) is 6.37. The lowest BCUT2D eigenvalue weighted by Gasteiger charge is -2.26. The van der Waals surface area contributed by atoms with Gasteiger partial charge in [-0.05, 0) is 44.4 Å². The van der Waals surface area contributed by atoms with Crippen LogP contribution < -0.4 is 11.2 Å². The van der Waals surface area contributed by atoms with Crippen molar-refractivity contribution in [3.63, 3.8) is 0 Å². The molecule has 0 aliphatic carbocycles. The Kier molecular flexibility index (Phi) is 4.76. The van der Waals surface area contributed by atoms with Crippen LogP contribution in [0.2, 0.25) is 0 Å². The van der Waals surface area contributed by atoms with Crippen molar-refractivity contribution in [3.8, 4) is 0 Å². The van der Waals surface area contributed by atoms with E-state index < -0.39 is 10.0 Å². The Morgan fingerprint density at radius 2 is 2.00 bits per heavy atom. The number of anilines is 2. The van der Waals surface area contributed by atoms with Gasteiger partial charge in [-0.3, -0.25) is 0 Å². The molecule has 0 spiro atoms. The van der Waals surface area contributed by atoms with Crippen molar-refractivity contribution in [2.75, 3.05) is 17.7 Å². The monoisotopic (exact) mass is 399 g/mol. The first-order valence-electron chi connectivity index (χ1n) is 9.53. The minimum Gasteiger partial charge on any atom is -0.396 e. The van der Waals surface area contributed by atoms with Gasteiger partial charge in [-0.25, -0.2) is 22.4 Å². The van der Waals surface area contributed by atoms with E-state index in [4.69, 9.17) is 5.73 Å². The summed E-state index contributed by atoms with van der Waals surface area (Å²) in [4.78, 5) is 4.56. The Morgan fingerprint density at radius 3 is 2.71 bits per heavy atom. The lowest BCUT2D eigenvalue weighted by Crippen LogP contribution is -2.34. The van der Waals surface area contributed by atoms with E-state index in [0.717, 1.165) is 31.4 Å². The number of hydrazine groups is 1. The number of rotatable bonds is 5. The molecular weight excluding hydrogens is 374 g/mol. The van der Waals surface area contributed by atoms with Crippen molar-refractivity contribution in [1.82, 2.24) is 14.0 Å². The van der Waals surface area contributed by atoms with Crippen molar-refractivity contribution in [3.05, 3.63) is 48.3 Å². The fraction of sp³-hybridized carbons (Fsp3) is 0.350. The van der Waals surface area contributed by atoms with Crippen LogP contribution in [0.25, 0.3) is 11.0 Å². The fourth-order valence-electron chi connectivity index (χ4n) is 3.77. The summed E-state index contributed by atoms with van der Waals surface area (Å²) in [6.45, 7) is 5.02. The van der Waals surface area contributed by atoms with Gasteiger partial charge in [-0.1, -0.05) is 24.6 Å². The zero-order chi connectivity index (χ0) is 19.9. The highest BCUT2D eigenvalue weighted by Gasteiger charge is 2.26. The number of pyridine rings is 1. The van der Waals surface area contributed by atoms with Gasteiger partial charge in [0.25, 0.3) is 10.0 Å². The zero-order valence-electron chi connectivity index (χ0n) is 16.1. The second-order valence-electron chi connectivity index (χ2n) is 7.26. The molecule has 0 amide bonds. The van der Waals surface area contributed by atoms with Crippen LogP contribution in [-0.4, -0.2) is 35.0 Å². The SMILES string of the molecule is CC[C@@H]1CCCN1Nc1c(N)cnc2c1ccn2S(=O)(=O)c1ccc(C)cc1. The van der Waals surface area contributed by atoms with E-state index in [-0.39, 0.29) is 4.90 Å². The Morgan fingerprint density at radius 1 is 1.25 bits per heavy atom. The maximum absolute atomic E-state index is 13.1. The van der Waals surface area contributed by atoms with Crippen molar-refractivity contribution in [2.24, 2.45) is 0 Å². The van der Waals surface area contributed by atoms with E-state index in [9.17, 15) is 8.42 Å². The number of benzene rings is 1. The summed E-state index contributed by atoms with van der Waals surface area (Å²) in [5.74, 6) is 0. The number of nitrogens with two attached hydrogens (primary N) is 1. The van der Waals surface area contributed by atoms with Gasteiger partial charge in [0.15, 0.2) is 5.65 Å². The number of nitrogens with zero attached hydrogens (tertiary/aromatic N) is 3. The molecule has 4 rings (SSSR count). The smallest absolute Gasteiger partial charge is 0.269 e. The van der Waals surface area contributed by atoms with Crippen LogP contribution in [0, 0.1) is 6.92 Å². The molecule has 3 N–H and O–H groups in total. The Balaban J connectivity index is 1.78. The number of aryl methyl sites for hydroxylation is 1. The zero-order valence-corrected chi connectivity index (χ0v) is 16.9. The van der Waals surface area contributed by atoms with Gasteiger partial charge in [-0.15, -0.1) is 0 Å². The van der Waals surface area contributed by atoms with Crippen molar-refractivity contribution in [2.45, 2.75) is 44.0 Å². The van der Waals surface area contributed by atoms with Crippen molar-refractivity contribution >= 4 is 32.4 Å². The highest BCUT2D eigenvalue weighted by molar-refractivity contribution is 7.90. The van der Waals surface area contributed by atoms with Crippen LogP contribution in [-0.2, 0) is 10.0 Å². The van der Waals surface area contributed by atoms with Gasteiger partial charge < -0.3 is 11.2 Å². The molecule has 148 valence electrons. The first-order chi connectivity index (χ1) is 13.4. The predicted molar refractivity (Wildman–Crippen MR) is 112 cm³/mol. The maximum Gasteiger partial charge on any atom is 0.269 e. The molecule has 0 radical (unpaired) electrons. The molecule has 7 nitrogen and oxygen atoms in total. The molecule has 0 saturated carbocycles. The second-order valence-corrected chi connectivity index (χ2v) is 9.08. The van der Waals surface area contributed by atoms with E-state index in [1.54, 1.807) is 36.5 Å². The Labute approximate surface area is 165 Å². The van der Waals surface area contributed by atoms with Crippen LogP contribution in [0.3, 0.4) is 0 Å². The molecule has 28 heavy (non-hydrogen) atoms. The third kappa shape index (κ3) is 3.12. The number of nitrogens with one attached hydrogen (secondary N) is 1. The number of hydrogen-bond acceptors (Lipinski definition) is 6. The lowest BCUT2D eigenvalue weighted by atomic mass is 10.2. The van der Waals surface area contributed by atoms with Crippen LogP contribution in [0.4, 0.5) is 11.4 Å². The standard InChI is InChI=1S/C20H25N5O2S/c1-3-15-5-4-11-24(15)23-19-17-10-12-25(20(17)22-13-18(19)21)28(26,27)16-8-6-14(2)7-9-16/h6-10,12-13,15H,3-5,11,21H2,1-2H3,(H,22,23)/t15-/m1/s1. The average Bonchev–Trinajstić information content (AvgIpc) is 3.31. The first kappa shape index (κ1) is 18.8. The molecule has 0 unspecified atom stereocenters. The third-order valence-corrected chi connectivity index (χ3v) is 7.07. The molecule has 1 atom stereocenters. The van der Waals surface area contributed by atoms with Crippen LogP contribution in [0.5, 0.6) is 0 Å². The molecule has 3 aromatic rings. The fourth-order valence-corrected chi connectivity index (χ4v) is 5.07. The molecule has 1 fully saturated rings. The highest BCUT2D eigenvalue weighted by atomic mass is 32.2. The van der Waals surface area contributed by atoms with Gasteiger partial charge >= 0.3 is 0 Å².